The molecule has 2 aromatic carbocycles. The molecule has 0 spiro atoms. The monoisotopic (exact) mass is 380 g/mol. The number of piperidine rings is 1. The zero-order valence-corrected chi connectivity index (χ0v) is 15.8. The van der Waals surface area contributed by atoms with E-state index in [1.54, 1.807) is 0 Å². The number of fused-ring (bicyclic) bond motifs is 1. The molecule has 0 amide bonds. The molecule has 1 atom stereocenters. The molecule has 1 fully saturated rings. The summed E-state index contributed by atoms with van der Waals surface area (Å²) >= 11 is 0. The second-order valence-electron chi connectivity index (χ2n) is 7.30. The summed E-state index contributed by atoms with van der Waals surface area (Å²) in [6.45, 7) is 3.44. The van der Waals surface area contributed by atoms with E-state index in [9.17, 15) is 0 Å². The maximum absolute atomic E-state index is 6.09. The average molecular weight is 380 g/mol. The topological polar surface area (TPSA) is 98.0 Å². The quantitative estimate of drug-likeness (QED) is 0.358. The van der Waals surface area contributed by atoms with Gasteiger partial charge in [0.05, 0.1) is 5.10 Å². The van der Waals surface area contributed by atoms with Gasteiger partial charge in [0.25, 0.3) is 0 Å². The van der Waals surface area contributed by atoms with Crippen molar-refractivity contribution in [3.63, 3.8) is 0 Å². The van der Waals surface area contributed by atoms with Crippen LogP contribution >= 0.6 is 0 Å². The second-order valence-corrected chi connectivity index (χ2v) is 7.30. The molecule has 0 unspecified atom stereocenters. The summed E-state index contributed by atoms with van der Waals surface area (Å²) in [5.74, 6) is 2.43. The van der Waals surface area contributed by atoms with Gasteiger partial charge in [0, 0.05) is 12.5 Å². The Morgan fingerprint density at radius 3 is 2.50 bits per heavy atom. The summed E-state index contributed by atoms with van der Waals surface area (Å²) in [5.41, 5.74) is 13.4. The SMILES string of the molecule is NC(=NN=[NH2+])C1CCN(Cc2ccc([C@H]3COc4ccccc4O3)cc2)CC1. The van der Waals surface area contributed by atoms with E-state index in [4.69, 9.17) is 20.7 Å². The summed E-state index contributed by atoms with van der Waals surface area (Å²) in [4.78, 5) is 2.44. The summed E-state index contributed by atoms with van der Waals surface area (Å²) in [7, 11) is 0. The maximum Gasteiger partial charge on any atom is 0.245 e. The molecule has 0 radical (unpaired) electrons. The summed E-state index contributed by atoms with van der Waals surface area (Å²) in [5, 5.41) is 7.07. The number of rotatable bonds is 5. The van der Waals surface area contributed by atoms with Crippen LogP contribution in [0.2, 0.25) is 0 Å². The Hall–Kier alpha value is -2.93. The van der Waals surface area contributed by atoms with E-state index in [0.717, 1.165) is 49.5 Å². The Kier molecular flexibility index (Phi) is 5.53. The number of ether oxygens (including phenoxy) is 2. The molecule has 0 saturated carbocycles. The maximum atomic E-state index is 6.09. The van der Waals surface area contributed by atoms with Gasteiger partial charge in [-0.1, -0.05) is 36.4 Å². The first-order valence-electron chi connectivity index (χ1n) is 9.66. The Morgan fingerprint density at radius 2 is 1.79 bits per heavy atom. The van der Waals surface area contributed by atoms with Gasteiger partial charge in [0.1, 0.15) is 11.8 Å². The van der Waals surface area contributed by atoms with E-state index in [1.165, 1.54) is 5.56 Å². The predicted octanol–water partition coefficient (Wildman–Crippen LogP) is 1.89. The van der Waals surface area contributed by atoms with E-state index in [1.807, 2.05) is 24.3 Å². The third-order valence-electron chi connectivity index (χ3n) is 5.45. The molecule has 2 aliphatic rings. The first kappa shape index (κ1) is 18.4. The number of para-hydroxylation sites is 2. The van der Waals surface area contributed by atoms with Gasteiger partial charge in [-0.25, -0.2) is 0 Å². The Labute approximate surface area is 164 Å². The van der Waals surface area contributed by atoms with Gasteiger partial charge in [-0.3, -0.25) is 4.90 Å². The number of nitrogens with two attached hydrogens (primary N) is 2. The van der Waals surface area contributed by atoms with Crippen molar-refractivity contribution in [2.75, 3.05) is 19.7 Å². The molecular formula is C21H26N5O2+. The van der Waals surface area contributed by atoms with Crippen molar-refractivity contribution in [3.8, 4) is 11.5 Å². The molecular weight excluding hydrogens is 354 g/mol. The molecule has 0 bridgehead atoms. The standard InChI is InChI=1S/C21H25N5O2/c22-21(24-25-23)17-9-11-26(12-10-17)13-15-5-7-16(8-6-15)20-14-27-18-3-1-2-4-19(18)28-20/h1-8,17,20H,9-14H2,(H3,22,23,24)/p+1/t20-/m1/s1. The van der Waals surface area contributed by atoms with Crippen LogP contribution < -0.4 is 20.7 Å². The van der Waals surface area contributed by atoms with Gasteiger partial charge in [0.2, 0.25) is 5.84 Å². The van der Waals surface area contributed by atoms with E-state index in [-0.39, 0.29) is 12.0 Å². The van der Waals surface area contributed by atoms with Gasteiger partial charge in [-0.15, -0.1) is 0 Å². The van der Waals surface area contributed by atoms with Gasteiger partial charge in [-0.2, -0.15) is 5.53 Å². The van der Waals surface area contributed by atoms with Crippen LogP contribution in [-0.2, 0) is 6.54 Å². The van der Waals surface area contributed by atoms with Crippen LogP contribution in [0.25, 0.3) is 0 Å². The highest BCUT2D eigenvalue weighted by Gasteiger charge is 2.25. The molecule has 28 heavy (non-hydrogen) atoms. The number of nitrogens with zero attached hydrogens (tertiary/aromatic N) is 3. The van der Waals surface area contributed by atoms with E-state index >= 15 is 0 Å². The van der Waals surface area contributed by atoms with Crippen LogP contribution in [-0.4, -0.2) is 30.4 Å². The van der Waals surface area contributed by atoms with Crippen molar-refractivity contribution < 1.29 is 15.0 Å². The lowest BCUT2D eigenvalue weighted by atomic mass is 9.95. The summed E-state index contributed by atoms with van der Waals surface area (Å²) in [6.07, 6.45) is 1.89. The lowest BCUT2D eigenvalue weighted by Gasteiger charge is -2.30. The molecule has 146 valence electrons. The average Bonchev–Trinajstić information content (AvgIpc) is 2.75. The summed E-state index contributed by atoms with van der Waals surface area (Å²) in [6, 6.07) is 16.4. The van der Waals surface area contributed by atoms with E-state index in [2.05, 4.69) is 39.5 Å². The second kappa shape index (κ2) is 8.39. The van der Waals surface area contributed by atoms with Gasteiger partial charge in [-0.05, 0) is 49.2 Å². The van der Waals surface area contributed by atoms with E-state index < -0.39 is 0 Å². The van der Waals surface area contributed by atoms with Crippen molar-refractivity contribution in [2.24, 2.45) is 22.0 Å². The molecule has 4 rings (SSSR count). The largest absolute Gasteiger partial charge is 0.485 e. The first-order chi connectivity index (χ1) is 13.7. The minimum Gasteiger partial charge on any atom is -0.485 e. The highest BCUT2D eigenvalue weighted by Crippen LogP contribution is 2.35. The van der Waals surface area contributed by atoms with Crippen molar-refractivity contribution in [3.05, 3.63) is 59.7 Å². The fourth-order valence-electron chi connectivity index (χ4n) is 3.81. The molecule has 0 aliphatic carbocycles. The van der Waals surface area contributed by atoms with Gasteiger partial charge < -0.3 is 15.2 Å². The van der Waals surface area contributed by atoms with Crippen LogP contribution in [0.4, 0.5) is 0 Å². The minimum absolute atomic E-state index is 0.0742. The number of likely N-dealkylation sites (tertiary alicyclic amines) is 1. The van der Waals surface area contributed by atoms with Crippen LogP contribution in [0.3, 0.4) is 0 Å². The zero-order chi connectivity index (χ0) is 19.3. The van der Waals surface area contributed by atoms with Crippen LogP contribution in [0.5, 0.6) is 11.5 Å². The Bertz CT molecular complexity index is 844. The predicted molar refractivity (Wildman–Crippen MR) is 106 cm³/mol. The van der Waals surface area contributed by atoms with Crippen LogP contribution in [0.15, 0.2) is 58.9 Å². The smallest absolute Gasteiger partial charge is 0.245 e. The highest BCUT2D eigenvalue weighted by atomic mass is 16.6. The van der Waals surface area contributed by atoms with Crippen molar-refractivity contribution >= 4 is 5.84 Å². The van der Waals surface area contributed by atoms with E-state index in [0.29, 0.717) is 12.4 Å². The lowest BCUT2D eigenvalue weighted by molar-refractivity contribution is -0.222. The molecule has 0 aromatic heterocycles. The molecule has 2 aliphatic heterocycles. The highest BCUT2D eigenvalue weighted by molar-refractivity contribution is 5.82. The molecule has 1 saturated heterocycles. The fourth-order valence-corrected chi connectivity index (χ4v) is 3.81. The van der Waals surface area contributed by atoms with Crippen LogP contribution in [0, 0.1) is 5.92 Å². The van der Waals surface area contributed by atoms with Crippen molar-refractivity contribution in [1.29, 1.82) is 0 Å². The number of amidine groups is 1. The van der Waals surface area contributed by atoms with Crippen LogP contribution in [0.1, 0.15) is 30.1 Å². The summed E-state index contributed by atoms with van der Waals surface area (Å²) < 4.78 is 11.9. The third-order valence-corrected chi connectivity index (χ3v) is 5.45. The lowest BCUT2D eigenvalue weighted by Crippen LogP contribution is -2.38. The number of benzene rings is 2. The van der Waals surface area contributed by atoms with Gasteiger partial charge in [0.15, 0.2) is 17.6 Å². The molecule has 2 heterocycles. The first-order valence-corrected chi connectivity index (χ1v) is 9.66. The molecule has 2 aromatic rings. The Morgan fingerprint density at radius 1 is 1.07 bits per heavy atom. The van der Waals surface area contributed by atoms with Crippen molar-refractivity contribution in [1.82, 2.24) is 4.90 Å². The molecule has 4 N–H and O–H groups in total. The normalized spacial score (nSPS) is 20.7. The van der Waals surface area contributed by atoms with Crippen molar-refractivity contribution in [2.45, 2.75) is 25.5 Å². The number of hydrogen-bond acceptors (Lipinski definition) is 4. The molecule has 7 nitrogen and oxygen atoms in total. The minimum atomic E-state index is -0.0742. The van der Waals surface area contributed by atoms with Gasteiger partial charge >= 0.3 is 0 Å². The Balaban J connectivity index is 1.32. The fraction of sp³-hybridized carbons (Fsp3) is 0.381. The number of hydrogen-bond donors (Lipinski definition) is 2. The molecule has 7 heteroatoms. The zero-order valence-electron chi connectivity index (χ0n) is 15.8. The third kappa shape index (κ3) is 4.14.